The van der Waals surface area contributed by atoms with E-state index in [0.717, 1.165) is 20.7 Å². The molecule has 0 spiro atoms. The van der Waals surface area contributed by atoms with E-state index >= 15 is 0 Å². The second-order valence-electron chi connectivity index (χ2n) is 5.17. The molecule has 0 bridgehead atoms. The molecule has 3 N–H and O–H groups in total. The Labute approximate surface area is 125 Å². The van der Waals surface area contributed by atoms with Crippen LogP contribution < -0.4 is 5.73 Å². The summed E-state index contributed by atoms with van der Waals surface area (Å²) in [7, 11) is 0. The molecule has 3 rings (SSSR count). The third-order valence-electron chi connectivity index (χ3n) is 3.87. The predicted octanol–water partition coefficient (Wildman–Crippen LogP) is 1.79. The number of pyridine rings is 1. The first-order chi connectivity index (χ1) is 9.90. The monoisotopic (exact) mass is 305 g/mol. The highest BCUT2D eigenvalue weighted by molar-refractivity contribution is 7.19. The van der Waals surface area contributed by atoms with Crippen LogP contribution in [0.2, 0.25) is 0 Å². The molecule has 0 radical (unpaired) electrons. The lowest BCUT2D eigenvalue weighted by Gasteiger charge is -2.25. The molecule has 0 atom stereocenters. The van der Waals surface area contributed by atoms with Gasteiger partial charge in [0, 0.05) is 23.7 Å². The molecule has 0 aliphatic carbocycles. The molecule has 21 heavy (non-hydrogen) atoms. The number of fused-ring (bicyclic) bond motifs is 3. The summed E-state index contributed by atoms with van der Waals surface area (Å²) in [6.45, 7) is 4.38. The Bertz CT molecular complexity index is 782. The first-order valence-electron chi connectivity index (χ1n) is 6.59. The Morgan fingerprint density at radius 2 is 2.14 bits per heavy atom. The van der Waals surface area contributed by atoms with Crippen molar-refractivity contribution in [3.63, 3.8) is 0 Å². The van der Waals surface area contributed by atoms with Crippen molar-refractivity contribution in [2.75, 3.05) is 12.3 Å². The van der Waals surface area contributed by atoms with Crippen LogP contribution in [-0.4, -0.2) is 33.4 Å². The van der Waals surface area contributed by atoms with Gasteiger partial charge >= 0.3 is 5.97 Å². The van der Waals surface area contributed by atoms with Crippen LogP contribution in [0.5, 0.6) is 0 Å². The molecule has 0 aromatic carbocycles. The van der Waals surface area contributed by atoms with Crippen molar-refractivity contribution in [2.45, 2.75) is 26.8 Å². The third kappa shape index (κ3) is 2.04. The average Bonchev–Trinajstić information content (AvgIpc) is 2.74. The first kappa shape index (κ1) is 13.8. The fourth-order valence-electron chi connectivity index (χ4n) is 2.81. The summed E-state index contributed by atoms with van der Waals surface area (Å²) in [5.41, 5.74) is 7.93. The summed E-state index contributed by atoms with van der Waals surface area (Å²) in [5.74, 6) is -1.01. The summed E-state index contributed by atoms with van der Waals surface area (Å²) >= 11 is 1.49. The molecule has 2 aromatic rings. The second kappa shape index (κ2) is 4.70. The zero-order valence-electron chi connectivity index (χ0n) is 11.8. The number of thiophene rings is 1. The molecule has 1 aliphatic heterocycles. The highest BCUT2D eigenvalue weighted by Gasteiger charge is 2.26. The number of carboxylic acid groups (broad SMARTS) is 1. The quantitative estimate of drug-likeness (QED) is 0.837. The average molecular weight is 305 g/mol. The van der Waals surface area contributed by atoms with Crippen LogP contribution in [-0.2, 0) is 17.8 Å². The van der Waals surface area contributed by atoms with E-state index in [0.29, 0.717) is 30.9 Å². The molecule has 1 aliphatic rings. The normalized spacial score (nSPS) is 14.3. The number of carbonyl (C=O) groups is 2. The van der Waals surface area contributed by atoms with Crippen LogP contribution in [0.4, 0.5) is 5.69 Å². The van der Waals surface area contributed by atoms with Crippen LogP contribution in [0.25, 0.3) is 10.2 Å². The molecule has 0 fully saturated rings. The number of aryl methyl sites for hydroxylation is 1. The number of hydrogen-bond acceptors (Lipinski definition) is 5. The van der Waals surface area contributed by atoms with Gasteiger partial charge in [0.2, 0.25) is 5.91 Å². The number of anilines is 1. The SMILES string of the molecule is CC(=O)N1CCc2c(sc3nc(C)c(C(=O)O)c(N)c23)C1. The van der Waals surface area contributed by atoms with Gasteiger partial charge in [0.05, 0.1) is 17.9 Å². The van der Waals surface area contributed by atoms with E-state index in [1.165, 1.54) is 11.3 Å². The van der Waals surface area contributed by atoms with Gasteiger partial charge < -0.3 is 15.7 Å². The van der Waals surface area contributed by atoms with Crippen LogP contribution in [0.1, 0.15) is 33.4 Å². The number of nitrogens with two attached hydrogens (primary N) is 1. The van der Waals surface area contributed by atoms with Gasteiger partial charge in [-0.3, -0.25) is 4.79 Å². The van der Waals surface area contributed by atoms with Gasteiger partial charge in [-0.1, -0.05) is 0 Å². The lowest BCUT2D eigenvalue weighted by Crippen LogP contribution is -2.33. The minimum absolute atomic E-state index is 0.0430. The largest absolute Gasteiger partial charge is 0.478 e. The van der Waals surface area contributed by atoms with E-state index in [1.54, 1.807) is 18.7 Å². The highest BCUT2D eigenvalue weighted by atomic mass is 32.1. The predicted molar refractivity (Wildman–Crippen MR) is 80.5 cm³/mol. The molecule has 0 unspecified atom stereocenters. The molecular weight excluding hydrogens is 290 g/mol. The Morgan fingerprint density at radius 1 is 1.43 bits per heavy atom. The third-order valence-corrected chi connectivity index (χ3v) is 4.98. The summed E-state index contributed by atoms with van der Waals surface area (Å²) in [4.78, 5) is 30.8. The Balaban J connectivity index is 2.22. The minimum atomic E-state index is -1.06. The molecule has 7 heteroatoms. The van der Waals surface area contributed by atoms with Crippen LogP contribution in [0.15, 0.2) is 0 Å². The molecule has 1 amide bonds. The molecule has 0 saturated carbocycles. The van der Waals surface area contributed by atoms with Crippen LogP contribution in [0.3, 0.4) is 0 Å². The van der Waals surface area contributed by atoms with Crippen molar-refractivity contribution in [2.24, 2.45) is 0 Å². The number of aromatic carboxylic acids is 1. The van der Waals surface area contributed by atoms with E-state index in [9.17, 15) is 14.7 Å². The van der Waals surface area contributed by atoms with E-state index < -0.39 is 5.97 Å². The fourth-order valence-corrected chi connectivity index (χ4v) is 4.11. The maximum atomic E-state index is 11.5. The molecule has 0 saturated heterocycles. The van der Waals surface area contributed by atoms with E-state index in [2.05, 4.69) is 4.98 Å². The molecular formula is C14H15N3O3S. The van der Waals surface area contributed by atoms with Gasteiger partial charge in [-0.15, -0.1) is 11.3 Å². The standard InChI is InChI=1S/C14H15N3O3S/c1-6-10(14(19)20)12(15)11-8-3-4-17(7(2)18)5-9(8)21-13(11)16-6/h3-5H2,1-2H3,(H2,15,16)(H,19,20). The van der Waals surface area contributed by atoms with Crippen molar-refractivity contribution in [3.8, 4) is 0 Å². The van der Waals surface area contributed by atoms with Gasteiger partial charge in [-0.2, -0.15) is 0 Å². The van der Waals surface area contributed by atoms with E-state index in [1.807, 2.05) is 0 Å². The van der Waals surface area contributed by atoms with Gasteiger partial charge in [-0.25, -0.2) is 9.78 Å². The van der Waals surface area contributed by atoms with Crippen molar-refractivity contribution in [3.05, 3.63) is 21.7 Å². The van der Waals surface area contributed by atoms with Gasteiger partial charge in [0.25, 0.3) is 0 Å². The van der Waals surface area contributed by atoms with Crippen molar-refractivity contribution < 1.29 is 14.7 Å². The maximum Gasteiger partial charge on any atom is 0.339 e. The van der Waals surface area contributed by atoms with Crippen molar-refractivity contribution in [1.29, 1.82) is 0 Å². The second-order valence-corrected chi connectivity index (χ2v) is 6.25. The highest BCUT2D eigenvalue weighted by Crippen LogP contribution is 2.39. The maximum absolute atomic E-state index is 11.5. The Kier molecular flexibility index (Phi) is 3.09. The molecule has 3 heterocycles. The topological polar surface area (TPSA) is 96.5 Å². The number of nitrogen functional groups attached to an aromatic ring is 1. The summed E-state index contributed by atoms with van der Waals surface area (Å²) in [6.07, 6.45) is 0.683. The lowest BCUT2D eigenvalue weighted by atomic mass is 10.0. The number of nitrogens with zero attached hydrogens (tertiary/aromatic N) is 2. The Morgan fingerprint density at radius 3 is 2.76 bits per heavy atom. The summed E-state index contributed by atoms with van der Waals surface area (Å²) in [6, 6.07) is 0. The molecule has 6 nitrogen and oxygen atoms in total. The smallest absolute Gasteiger partial charge is 0.339 e. The summed E-state index contributed by atoms with van der Waals surface area (Å²) in [5, 5.41) is 10.0. The van der Waals surface area contributed by atoms with Gasteiger partial charge in [0.1, 0.15) is 10.4 Å². The molecule has 110 valence electrons. The number of carbonyl (C=O) groups excluding carboxylic acids is 1. The number of aromatic nitrogens is 1. The number of rotatable bonds is 1. The number of carboxylic acids is 1. The van der Waals surface area contributed by atoms with Gasteiger partial charge in [0.15, 0.2) is 0 Å². The van der Waals surface area contributed by atoms with E-state index in [-0.39, 0.29) is 11.5 Å². The van der Waals surface area contributed by atoms with Crippen molar-refractivity contribution in [1.82, 2.24) is 9.88 Å². The zero-order chi connectivity index (χ0) is 15.3. The number of hydrogen-bond donors (Lipinski definition) is 2. The van der Waals surface area contributed by atoms with Gasteiger partial charge in [-0.05, 0) is 18.9 Å². The lowest BCUT2D eigenvalue weighted by molar-refractivity contribution is -0.129. The first-order valence-corrected chi connectivity index (χ1v) is 7.41. The van der Waals surface area contributed by atoms with Crippen LogP contribution >= 0.6 is 11.3 Å². The number of amides is 1. The zero-order valence-corrected chi connectivity index (χ0v) is 12.6. The van der Waals surface area contributed by atoms with E-state index in [4.69, 9.17) is 5.73 Å². The molecule has 2 aromatic heterocycles. The van der Waals surface area contributed by atoms with Crippen LogP contribution in [0, 0.1) is 6.92 Å². The summed E-state index contributed by atoms with van der Waals surface area (Å²) < 4.78 is 0. The fraction of sp³-hybridized carbons (Fsp3) is 0.357. The Hall–Kier alpha value is -2.15. The van der Waals surface area contributed by atoms with Crippen molar-refractivity contribution >= 4 is 39.1 Å². The minimum Gasteiger partial charge on any atom is -0.478 e.